The van der Waals surface area contributed by atoms with Crippen molar-refractivity contribution >= 4 is 28.9 Å². The van der Waals surface area contributed by atoms with Gasteiger partial charge in [-0.05, 0) is 62.6 Å². The minimum Gasteiger partial charge on any atom is -0.494 e. The number of aromatic nitrogens is 1. The first-order valence-corrected chi connectivity index (χ1v) is 11.8. The molecule has 0 bridgehead atoms. The number of carbonyl (C=O) groups is 1. The SMILES string of the molecule is CCOc1ccc(-n2c(=O)/c(=C\c3cccc(C)c3)s/c2=C(/C#N)C(=O)N2CCCC2)cc1. The fourth-order valence-electron chi connectivity index (χ4n) is 3.92. The molecule has 3 aromatic rings. The lowest BCUT2D eigenvalue weighted by molar-refractivity contribution is -0.123. The highest BCUT2D eigenvalue weighted by atomic mass is 32.1. The molecule has 0 atom stereocenters. The Kier molecular flexibility index (Phi) is 6.76. The zero-order chi connectivity index (χ0) is 23.4. The van der Waals surface area contributed by atoms with Crippen molar-refractivity contribution in [2.24, 2.45) is 0 Å². The number of amides is 1. The van der Waals surface area contributed by atoms with Crippen molar-refractivity contribution in [2.45, 2.75) is 26.7 Å². The monoisotopic (exact) mass is 459 g/mol. The summed E-state index contributed by atoms with van der Waals surface area (Å²) in [6.07, 6.45) is 3.66. The van der Waals surface area contributed by atoms with E-state index in [0.29, 0.717) is 40.3 Å². The molecule has 4 rings (SSSR count). The first kappa shape index (κ1) is 22.6. The van der Waals surface area contributed by atoms with Gasteiger partial charge in [0.2, 0.25) is 0 Å². The van der Waals surface area contributed by atoms with Crippen LogP contribution in [-0.2, 0) is 4.79 Å². The number of rotatable bonds is 5. The number of ether oxygens (including phenoxy) is 1. The van der Waals surface area contributed by atoms with Gasteiger partial charge in [0.1, 0.15) is 16.5 Å². The Labute approximate surface area is 196 Å². The van der Waals surface area contributed by atoms with Gasteiger partial charge in [-0.15, -0.1) is 11.3 Å². The smallest absolute Gasteiger partial charge is 0.273 e. The number of aryl methyl sites for hydroxylation is 1. The van der Waals surface area contributed by atoms with Crippen LogP contribution in [0.5, 0.6) is 5.75 Å². The van der Waals surface area contributed by atoms with E-state index in [2.05, 4.69) is 6.07 Å². The maximum absolute atomic E-state index is 13.5. The van der Waals surface area contributed by atoms with E-state index in [0.717, 1.165) is 24.0 Å². The van der Waals surface area contributed by atoms with Gasteiger partial charge in [-0.2, -0.15) is 5.26 Å². The molecule has 1 aliphatic heterocycles. The normalized spacial score (nSPS) is 14.8. The number of likely N-dealkylation sites (tertiary alicyclic amines) is 1. The highest BCUT2D eigenvalue weighted by Crippen LogP contribution is 2.15. The summed E-state index contributed by atoms with van der Waals surface area (Å²) < 4.78 is 7.80. The Balaban J connectivity index is 1.97. The number of nitrogens with zero attached hydrogens (tertiary/aromatic N) is 3. The number of carbonyl (C=O) groups excluding carboxylic acids is 1. The van der Waals surface area contributed by atoms with Crippen molar-refractivity contribution in [2.75, 3.05) is 19.7 Å². The third-order valence-corrected chi connectivity index (χ3v) is 6.59. The molecule has 1 saturated heterocycles. The lowest BCUT2D eigenvalue weighted by Crippen LogP contribution is -2.35. The summed E-state index contributed by atoms with van der Waals surface area (Å²) in [4.78, 5) is 28.4. The van der Waals surface area contributed by atoms with Gasteiger partial charge in [-0.3, -0.25) is 14.2 Å². The van der Waals surface area contributed by atoms with Gasteiger partial charge in [-0.1, -0.05) is 29.8 Å². The number of thiazole rings is 1. The average molecular weight is 460 g/mol. The topological polar surface area (TPSA) is 75.3 Å². The summed E-state index contributed by atoms with van der Waals surface area (Å²) in [5.41, 5.74) is 2.30. The van der Waals surface area contributed by atoms with Gasteiger partial charge < -0.3 is 9.64 Å². The van der Waals surface area contributed by atoms with Crippen LogP contribution in [0.3, 0.4) is 0 Å². The van der Waals surface area contributed by atoms with Gasteiger partial charge in [0.25, 0.3) is 11.5 Å². The van der Waals surface area contributed by atoms with Crippen LogP contribution in [0.1, 0.15) is 30.9 Å². The third-order valence-electron chi connectivity index (χ3n) is 5.50. The van der Waals surface area contributed by atoms with Crippen LogP contribution < -0.4 is 19.5 Å². The van der Waals surface area contributed by atoms with Crippen LogP contribution in [-0.4, -0.2) is 35.1 Å². The molecule has 7 heteroatoms. The summed E-state index contributed by atoms with van der Waals surface area (Å²) in [6.45, 7) is 5.69. The third kappa shape index (κ3) is 4.76. The van der Waals surface area contributed by atoms with Gasteiger partial charge in [0, 0.05) is 13.1 Å². The molecule has 1 fully saturated rings. The second-order valence-corrected chi connectivity index (χ2v) is 8.91. The maximum Gasteiger partial charge on any atom is 0.273 e. The van der Waals surface area contributed by atoms with Crippen molar-refractivity contribution in [3.05, 3.63) is 79.2 Å². The fourth-order valence-corrected chi connectivity index (χ4v) is 5.02. The van der Waals surface area contributed by atoms with Gasteiger partial charge in [0.05, 0.1) is 16.8 Å². The Hall–Kier alpha value is -3.63. The van der Waals surface area contributed by atoms with Gasteiger partial charge >= 0.3 is 0 Å². The quantitative estimate of drug-likeness (QED) is 0.588. The molecule has 1 amide bonds. The van der Waals surface area contributed by atoms with Crippen LogP contribution in [0.15, 0.2) is 53.3 Å². The Morgan fingerprint density at radius 3 is 2.55 bits per heavy atom. The standard InChI is InChI=1S/C26H25N3O3S/c1-3-32-21-11-9-20(10-12-21)29-25(31)23(16-19-8-6-7-18(2)15-19)33-26(29)22(17-27)24(30)28-13-4-5-14-28/h6-12,15-16H,3-5,13-14H2,1-2H3/b23-16+,26-22-. The van der Waals surface area contributed by atoms with Crippen LogP contribution in [0.4, 0.5) is 0 Å². The summed E-state index contributed by atoms with van der Waals surface area (Å²) in [5.74, 6) is 0.369. The highest BCUT2D eigenvalue weighted by Gasteiger charge is 2.24. The van der Waals surface area contributed by atoms with Gasteiger partial charge in [0.15, 0.2) is 5.57 Å². The van der Waals surface area contributed by atoms with Crippen LogP contribution >= 0.6 is 11.3 Å². The number of nitriles is 1. The van der Waals surface area contributed by atoms with E-state index < -0.39 is 0 Å². The first-order chi connectivity index (χ1) is 16.0. The molecule has 2 heterocycles. The molecule has 0 spiro atoms. The Morgan fingerprint density at radius 1 is 1.18 bits per heavy atom. The molecule has 6 nitrogen and oxygen atoms in total. The molecule has 168 valence electrons. The zero-order valence-corrected chi connectivity index (χ0v) is 19.5. The van der Waals surface area contributed by atoms with E-state index in [1.807, 2.05) is 44.2 Å². The largest absolute Gasteiger partial charge is 0.494 e. The van der Waals surface area contributed by atoms with E-state index in [4.69, 9.17) is 4.74 Å². The molecule has 1 aromatic heterocycles. The fraction of sp³-hybridized carbons (Fsp3) is 0.269. The Morgan fingerprint density at radius 2 is 1.91 bits per heavy atom. The summed E-state index contributed by atoms with van der Waals surface area (Å²) in [6, 6.07) is 17.0. The van der Waals surface area contributed by atoms with Gasteiger partial charge in [-0.25, -0.2) is 0 Å². The van der Waals surface area contributed by atoms with E-state index in [-0.39, 0.29) is 17.0 Å². The van der Waals surface area contributed by atoms with E-state index in [9.17, 15) is 14.9 Å². The average Bonchev–Trinajstić information content (AvgIpc) is 3.45. The molecular formula is C26H25N3O3S. The van der Waals surface area contributed by atoms with Crippen molar-refractivity contribution in [3.8, 4) is 17.5 Å². The molecule has 0 unspecified atom stereocenters. The highest BCUT2D eigenvalue weighted by molar-refractivity contribution is 7.07. The molecule has 2 aromatic carbocycles. The summed E-state index contributed by atoms with van der Waals surface area (Å²) in [5, 5.41) is 9.95. The molecule has 33 heavy (non-hydrogen) atoms. The first-order valence-electron chi connectivity index (χ1n) is 11.0. The lowest BCUT2D eigenvalue weighted by atomic mass is 10.1. The molecule has 1 aliphatic rings. The number of hydrogen-bond acceptors (Lipinski definition) is 5. The number of hydrogen-bond donors (Lipinski definition) is 0. The van der Waals surface area contributed by atoms with Crippen LogP contribution in [0, 0.1) is 18.3 Å². The molecule has 0 radical (unpaired) electrons. The number of benzene rings is 2. The lowest BCUT2D eigenvalue weighted by Gasteiger charge is -2.14. The van der Waals surface area contributed by atoms with Crippen LogP contribution in [0.25, 0.3) is 17.3 Å². The second kappa shape index (κ2) is 9.88. The minimum atomic E-state index is -0.321. The molecule has 0 aliphatic carbocycles. The summed E-state index contributed by atoms with van der Waals surface area (Å²) >= 11 is 1.17. The van der Waals surface area contributed by atoms with Crippen molar-refractivity contribution in [3.63, 3.8) is 0 Å². The molecule has 0 N–H and O–H groups in total. The Bertz CT molecular complexity index is 1390. The van der Waals surface area contributed by atoms with Crippen molar-refractivity contribution in [1.29, 1.82) is 5.26 Å². The van der Waals surface area contributed by atoms with E-state index in [1.54, 1.807) is 29.2 Å². The second-order valence-electron chi connectivity index (χ2n) is 7.88. The molecule has 0 saturated carbocycles. The predicted octanol–water partition coefficient (Wildman–Crippen LogP) is 2.73. The van der Waals surface area contributed by atoms with Crippen molar-refractivity contribution < 1.29 is 9.53 Å². The van der Waals surface area contributed by atoms with Crippen molar-refractivity contribution in [1.82, 2.24) is 9.47 Å². The zero-order valence-electron chi connectivity index (χ0n) is 18.7. The predicted molar refractivity (Wildman–Crippen MR) is 130 cm³/mol. The van der Waals surface area contributed by atoms with E-state index >= 15 is 0 Å². The minimum absolute atomic E-state index is 0.00298. The summed E-state index contributed by atoms with van der Waals surface area (Å²) in [7, 11) is 0. The maximum atomic E-state index is 13.5. The van der Waals surface area contributed by atoms with E-state index in [1.165, 1.54) is 15.9 Å². The molecular weight excluding hydrogens is 434 g/mol. The van der Waals surface area contributed by atoms with Crippen LogP contribution in [0.2, 0.25) is 0 Å².